The van der Waals surface area contributed by atoms with Crippen molar-refractivity contribution in [3.8, 4) is 5.75 Å². The summed E-state index contributed by atoms with van der Waals surface area (Å²) in [6.45, 7) is 16.1. The van der Waals surface area contributed by atoms with Gasteiger partial charge >= 0.3 is 18.1 Å². The number of fused-ring (bicyclic) bond motifs is 1. The van der Waals surface area contributed by atoms with Crippen molar-refractivity contribution in [2.24, 2.45) is 5.41 Å². The lowest BCUT2D eigenvalue weighted by Gasteiger charge is -2.41. The minimum Gasteiger partial charge on any atom is -0.486 e. The Bertz CT molecular complexity index is 1560. The number of carboxylic acids is 1. The summed E-state index contributed by atoms with van der Waals surface area (Å²) in [5.41, 5.74) is -2.99. The van der Waals surface area contributed by atoms with Crippen molar-refractivity contribution in [3.63, 3.8) is 0 Å². The van der Waals surface area contributed by atoms with E-state index in [-0.39, 0.29) is 35.9 Å². The maximum atomic E-state index is 14.0. The third-order valence-electron chi connectivity index (χ3n) is 8.23. The molecule has 0 aromatic heterocycles. The highest BCUT2D eigenvalue weighted by Gasteiger charge is 2.45. The number of carbonyl (C=O) groups excluding carboxylic acids is 1. The molecule has 1 N–H and O–H groups in total. The molecule has 0 radical (unpaired) electrons. The quantitative estimate of drug-likeness (QED) is 0.209. The fraction of sp³-hybridized carbons (Fsp3) is 0.562. The lowest BCUT2D eigenvalue weighted by molar-refractivity contribution is -0.154. The molecule has 0 fully saturated rings. The van der Waals surface area contributed by atoms with Crippen LogP contribution in [-0.2, 0) is 41.4 Å². The molecule has 0 aliphatic carbocycles. The third kappa shape index (κ3) is 8.82. The van der Waals surface area contributed by atoms with E-state index in [2.05, 4.69) is 0 Å². The molecule has 0 spiro atoms. The number of nitrogens with zero attached hydrogens (tertiary/aromatic N) is 1. The summed E-state index contributed by atoms with van der Waals surface area (Å²) in [5, 5.41) is 10.1. The number of carboxylic acid groups (broad SMARTS) is 1. The first-order chi connectivity index (χ1) is 20.7. The summed E-state index contributed by atoms with van der Waals surface area (Å²) in [6, 6.07) is 7.82. The summed E-state index contributed by atoms with van der Waals surface area (Å²) < 4.78 is 87.4. The molecule has 0 bridgehead atoms. The number of benzene rings is 2. The molecule has 1 heterocycles. The van der Waals surface area contributed by atoms with Crippen LogP contribution in [0.1, 0.15) is 66.0 Å². The van der Waals surface area contributed by atoms with Gasteiger partial charge in [-0.15, -0.1) is 0 Å². The van der Waals surface area contributed by atoms with Gasteiger partial charge in [-0.1, -0.05) is 32.9 Å². The monoisotopic (exact) mass is 687 g/mol. The standard InChI is InChI=1S/C32H44F3NO8SSi/c1-29(2,3)44-27(37)16-21-13-14-26-25(15-21)36(45(40,41)24-12-10-11-22(17-24)32(33,34)35)19-23(43-26)18-31(7,28(38)39)20-42-46(8,9)30(4,5)6/h10-15,17,23H,16,18-20H2,1-9H3,(H,38,39)/t23-,31+/m0/s1. The van der Waals surface area contributed by atoms with Crippen LogP contribution in [0.5, 0.6) is 5.75 Å². The van der Waals surface area contributed by atoms with Gasteiger partial charge < -0.3 is 19.0 Å². The number of carbonyl (C=O) groups is 2. The Balaban J connectivity index is 2.06. The van der Waals surface area contributed by atoms with Crippen molar-refractivity contribution < 1.29 is 50.2 Å². The molecule has 46 heavy (non-hydrogen) atoms. The predicted molar refractivity (Wildman–Crippen MR) is 170 cm³/mol. The van der Waals surface area contributed by atoms with Crippen molar-refractivity contribution in [3.05, 3.63) is 53.6 Å². The Morgan fingerprint density at radius 3 is 2.20 bits per heavy atom. The second-order valence-electron chi connectivity index (χ2n) is 14.5. The Kier molecular flexibility index (Phi) is 10.4. The zero-order valence-electron chi connectivity index (χ0n) is 27.7. The van der Waals surface area contributed by atoms with Gasteiger partial charge in [0.05, 0.1) is 34.5 Å². The summed E-state index contributed by atoms with van der Waals surface area (Å²) in [5.74, 6) is -1.66. The Morgan fingerprint density at radius 2 is 1.65 bits per heavy atom. The highest BCUT2D eigenvalue weighted by Crippen LogP contribution is 2.42. The van der Waals surface area contributed by atoms with Gasteiger partial charge in [-0.05, 0) is 81.7 Å². The average Bonchev–Trinajstić information content (AvgIpc) is 2.89. The molecule has 2 aromatic rings. The minimum absolute atomic E-state index is 0.00396. The number of hydrogen-bond donors (Lipinski definition) is 1. The predicted octanol–water partition coefficient (Wildman–Crippen LogP) is 7.05. The third-order valence-corrected chi connectivity index (χ3v) is 14.5. The van der Waals surface area contributed by atoms with E-state index in [4.69, 9.17) is 13.9 Å². The molecular formula is C32H44F3NO8SSi. The Morgan fingerprint density at radius 1 is 1.02 bits per heavy atom. The van der Waals surface area contributed by atoms with E-state index in [0.717, 1.165) is 22.5 Å². The fourth-order valence-electron chi connectivity index (χ4n) is 4.57. The van der Waals surface area contributed by atoms with Gasteiger partial charge in [-0.2, -0.15) is 13.2 Å². The van der Waals surface area contributed by atoms with Crippen molar-refractivity contribution in [1.82, 2.24) is 0 Å². The van der Waals surface area contributed by atoms with Crippen molar-refractivity contribution in [2.75, 3.05) is 17.5 Å². The van der Waals surface area contributed by atoms with Gasteiger partial charge in [0.25, 0.3) is 10.0 Å². The number of hydrogen-bond acceptors (Lipinski definition) is 7. The number of aliphatic carboxylic acids is 1. The van der Waals surface area contributed by atoms with Crippen LogP contribution in [0.2, 0.25) is 18.1 Å². The topological polar surface area (TPSA) is 119 Å². The molecule has 0 saturated carbocycles. The van der Waals surface area contributed by atoms with Crippen LogP contribution in [-0.4, -0.2) is 58.6 Å². The molecule has 9 nitrogen and oxygen atoms in total. The molecule has 2 aromatic carbocycles. The smallest absolute Gasteiger partial charge is 0.416 e. The van der Waals surface area contributed by atoms with Crippen LogP contribution >= 0.6 is 0 Å². The molecule has 14 heteroatoms. The van der Waals surface area contributed by atoms with Crippen LogP contribution < -0.4 is 9.04 Å². The van der Waals surface area contributed by atoms with Crippen molar-refractivity contribution in [2.45, 2.75) is 102 Å². The van der Waals surface area contributed by atoms with E-state index in [1.807, 2.05) is 33.9 Å². The Hall–Kier alpha value is -3.10. The zero-order chi connectivity index (χ0) is 35.1. The first kappa shape index (κ1) is 37.4. The van der Waals surface area contributed by atoms with E-state index in [1.165, 1.54) is 19.1 Å². The van der Waals surface area contributed by atoms with Gasteiger partial charge in [0.2, 0.25) is 0 Å². The summed E-state index contributed by atoms with van der Waals surface area (Å²) in [7, 11) is -7.00. The Labute approximate surface area is 270 Å². The number of esters is 1. The lowest BCUT2D eigenvalue weighted by atomic mass is 9.85. The maximum absolute atomic E-state index is 14.0. The van der Waals surface area contributed by atoms with Gasteiger partial charge in [0.1, 0.15) is 17.5 Å². The van der Waals surface area contributed by atoms with Crippen molar-refractivity contribution >= 4 is 36.0 Å². The summed E-state index contributed by atoms with van der Waals surface area (Å²) >= 11 is 0. The van der Waals surface area contributed by atoms with E-state index < -0.39 is 70.6 Å². The van der Waals surface area contributed by atoms with Crippen LogP contribution in [0.4, 0.5) is 18.9 Å². The summed E-state index contributed by atoms with van der Waals surface area (Å²) in [6.07, 6.45) is -6.16. The molecular weight excluding hydrogens is 643 g/mol. The minimum atomic E-state index is -4.79. The normalized spacial score (nSPS) is 17.5. The molecule has 1 aliphatic heterocycles. The lowest BCUT2D eigenvalue weighted by Crippen LogP contribution is -2.49. The highest BCUT2D eigenvalue weighted by atomic mass is 32.2. The molecule has 0 saturated heterocycles. The summed E-state index contributed by atoms with van der Waals surface area (Å²) in [4.78, 5) is 24.5. The van der Waals surface area contributed by atoms with E-state index in [1.54, 1.807) is 26.8 Å². The molecule has 0 unspecified atom stereocenters. The largest absolute Gasteiger partial charge is 0.486 e. The molecule has 3 rings (SSSR count). The number of anilines is 1. The first-order valence-corrected chi connectivity index (χ1v) is 19.2. The van der Waals surface area contributed by atoms with Crippen LogP contribution in [0.15, 0.2) is 47.4 Å². The van der Waals surface area contributed by atoms with E-state index in [9.17, 15) is 36.3 Å². The van der Waals surface area contributed by atoms with Gasteiger partial charge in [-0.3, -0.25) is 13.9 Å². The molecule has 0 amide bonds. The maximum Gasteiger partial charge on any atom is 0.416 e. The second-order valence-corrected chi connectivity index (χ2v) is 21.2. The first-order valence-electron chi connectivity index (χ1n) is 14.8. The van der Waals surface area contributed by atoms with Crippen molar-refractivity contribution in [1.29, 1.82) is 0 Å². The van der Waals surface area contributed by atoms with Gasteiger partial charge in [0, 0.05) is 13.0 Å². The number of rotatable bonds is 10. The average molecular weight is 688 g/mol. The van der Waals surface area contributed by atoms with Gasteiger partial charge in [0.15, 0.2) is 8.32 Å². The molecule has 2 atom stereocenters. The van der Waals surface area contributed by atoms with Crippen LogP contribution in [0, 0.1) is 5.41 Å². The number of sulfonamides is 1. The molecule has 1 aliphatic rings. The number of ether oxygens (including phenoxy) is 2. The zero-order valence-corrected chi connectivity index (χ0v) is 29.6. The highest BCUT2D eigenvalue weighted by molar-refractivity contribution is 7.92. The fourth-order valence-corrected chi connectivity index (χ4v) is 7.23. The molecule has 256 valence electrons. The van der Waals surface area contributed by atoms with Crippen LogP contribution in [0.25, 0.3) is 0 Å². The van der Waals surface area contributed by atoms with Gasteiger partial charge in [-0.25, -0.2) is 8.42 Å². The van der Waals surface area contributed by atoms with E-state index >= 15 is 0 Å². The number of alkyl halides is 3. The second kappa shape index (κ2) is 12.8. The number of halogens is 3. The van der Waals surface area contributed by atoms with Crippen LogP contribution in [0.3, 0.4) is 0 Å². The van der Waals surface area contributed by atoms with E-state index in [0.29, 0.717) is 11.6 Å². The SMILES string of the molecule is CC(C)(C)OC(=O)Cc1ccc2c(c1)N(S(=O)(=O)c1cccc(C(F)(F)F)c1)C[C@H](C[C@](C)(CO[Si](C)(C)C(C)(C)C)C(=O)O)O2.